The average Bonchev–Trinajstić information content (AvgIpc) is 2.46. The Balaban J connectivity index is 2.34. The van der Waals surface area contributed by atoms with Crippen molar-refractivity contribution in [1.82, 2.24) is 5.32 Å². The molecule has 1 aromatic rings. The van der Waals surface area contributed by atoms with E-state index in [1.54, 1.807) is 14.0 Å². The van der Waals surface area contributed by atoms with Crippen LogP contribution in [0.3, 0.4) is 0 Å². The van der Waals surface area contributed by atoms with Gasteiger partial charge >= 0.3 is 0 Å². The zero-order valence-corrected chi connectivity index (χ0v) is 12.2. The molecule has 1 amide bonds. The lowest BCUT2D eigenvalue weighted by atomic mass is 9.94. The van der Waals surface area contributed by atoms with Gasteiger partial charge in [0.2, 0.25) is 5.91 Å². The number of hydrogen-bond donors (Lipinski definition) is 3. The second-order valence-electron chi connectivity index (χ2n) is 5.02. The van der Waals surface area contributed by atoms with Crippen molar-refractivity contribution in [2.45, 2.75) is 38.3 Å². The smallest absolute Gasteiger partial charge is 0.237 e. The quantitative estimate of drug-likeness (QED) is 0.593. The number of nitrogens with one attached hydrogen (secondary N) is 1. The Morgan fingerprint density at radius 2 is 2.10 bits per heavy atom. The number of unbranched alkanes of at least 4 members (excludes halogenated alkanes) is 1. The molecule has 1 unspecified atom stereocenters. The summed E-state index contributed by atoms with van der Waals surface area (Å²) in [6, 6.07) is 7.41. The largest absolute Gasteiger partial charge is 0.493 e. The normalized spacial score (nSPS) is 13.8. The van der Waals surface area contributed by atoms with E-state index < -0.39 is 5.54 Å². The average molecular weight is 280 g/mol. The van der Waals surface area contributed by atoms with E-state index in [0.29, 0.717) is 18.8 Å². The number of likely N-dealkylation sites (N-methyl/N-ethyl adjacent to an activating group) is 1. The number of hydrogen-bond acceptors (Lipinski definition) is 4. The van der Waals surface area contributed by atoms with Crippen LogP contribution in [0.5, 0.6) is 5.75 Å². The van der Waals surface area contributed by atoms with Crippen LogP contribution < -0.4 is 15.8 Å². The van der Waals surface area contributed by atoms with Gasteiger partial charge in [0, 0.05) is 5.56 Å². The number of para-hydroxylation sites is 1. The molecule has 0 aromatic heterocycles. The second-order valence-corrected chi connectivity index (χ2v) is 5.02. The molecule has 0 saturated carbocycles. The van der Waals surface area contributed by atoms with Crippen LogP contribution in [-0.2, 0) is 11.4 Å². The van der Waals surface area contributed by atoms with Crippen LogP contribution in [0.25, 0.3) is 0 Å². The molecule has 20 heavy (non-hydrogen) atoms. The van der Waals surface area contributed by atoms with Crippen molar-refractivity contribution < 1.29 is 14.6 Å². The molecule has 112 valence electrons. The zero-order chi connectivity index (χ0) is 15.0. The maximum absolute atomic E-state index is 11.3. The van der Waals surface area contributed by atoms with Gasteiger partial charge in [-0.3, -0.25) is 4.79 Å². The molecule has 5 nitrogen and oxygen atoms in total. The summed E-state index contributed by atoms with van der Waals surface area (Å²) < 4.78 is 5.64. The van der Waals surface area contributed by atoms with Gasteiger partial charge in [-0.05, 0) is 39.3 Å². The zero-order valence-electron chi connectivity index (χ0n) is 12.2. The van der Waals surface area contributed by atoms with Crippen molar-refractivity contribution in [1.29, 1.82) is 0 Å². The molecule has 4 N–H and O–H groups in total. The van der Waals surface area contributed by atoms with E-state index in [9.17, 15) is 9.90 Å². The summed E-state index contributed by atoms with van der Waals surface area (Å²) in [7, 11) is 1.73. The Morgan fingerprint density at radius 1 is 1.40 bits per heavy atom. The van der Waals surface area contributed by atoms with Crippen LogP contribution in [0.15, 0.2) is 24.3 Å². The van der Waals surface area contributed by atoms with Crippen molar-refractivity contribution >= 4 is 5.91 Å². The summed E-state index contributed by atoms with van der Waals surface area (Å²) in [5.74, 6) is 0.368. The van der Waals surface area contributed by atoms with Gasteiger partial charge in [0.1, 0.15) is 5.75 Å². The Kier molecular flexibility index (Phi) is 6.48. The molecule has 0 bridgehead atoms. The third-order valence-corrected chi connectivity index (χ3v) is 3.57. The Bertz CT molecular complexity index is 437. The lowest BCUT2D eigenvalue weighted by molar-refractivity contribution is -0.123. The molecule has 0 aliphatic carbocycles. The topological polar surface area (TPSA) is 84.6 Å². The third kappa shape index (κ3) is 4.51. The Hall–Kier alpha value is -1.59. The lowest BCUT2D eigenvalue weighted by Gasteiger charge is -2.25. The predicted octanol–water partition coefficient (Wildman–Crippen LogP) is 1.19. The summed E-state index contributed by atoms with van der Waals surface area (Å²) in [6.07, 6.45) is 2.33. The lowest BCUT2D eigenvalue weighted by Crippen LogP contribution is -2.51. The highest BCUT2D eigenvalue weighted by molar-refractivity contribution is 5.84. The van der Waals surface area contributed by atoms with E-state index in [0.717, 1.165) is 18.4 Å². The number of benzene rings is 1. The van der Waals surface area contributed by atoms with E-state index in [2.05, 4.69) is 5.32 Å². The van der Waals surface area contributed by atoms with Gasteiger partial charge in [-0.1, -0.05) is 18.2 Å². The highest BCUT2D eigenvalue weighted by atomic mass is 16.5. The van der Waals surface area contributed by atoms with E-state index in [1.807, 2.05) is 24.3 Å². The number of carbonyl (C=O) groups is 1. The van der Waals surface area contributed by atoms with Crippen LogP contribution in [0.2, 0.25) is 0 Å². The monoisotopic (exact) mass is 280 g/mol. The maximum atomic E-state index is 11.3. The highest BCUT2D eigenvalue weighted by Gasteiger charge is 2.27. The highest BCUT2D eigenvalue weighted by Crippen LogP contribution is 2.18. The van der Waals surface area contributed by atoms with Gasteiger partial charge in [0.15, 0.2) is 0 Å². The molecule has 0 aliphatic rings. The van der Waals surface area contributed by atoms with Gasteiger partial charge in [-0.15, -0.1) is 0 Å². The van der Waals surface area contributed by atoms with Crippen molar-refractivity contribution in [3.8, 4) is 5.75 Å². The van der Waals surface area contributed by atoms with Crippen LogP contribution >= 0.6 is 0 Å². The van der Waals surface area contributed by atoms with E-state index in [-0.39, 0.29) is 12.5 Å². The van der Waals surface area contributed by atoms with Crippen molar-refractivity contribution in [2.75, 3.05) is 13.7 Å². The fraction of sp³-hybridized carbons (Fsp3) is 0.533. The summed E-state index contributed by atoms with van der Waals surface area (Å²) in [5, 5.41) is 12.1. The minimum atomic E-state index is -0.664. The summed E-state index contributed by atoms with van der Waals surface area (Å²) in [4.78, 5) is 11.3. The molecule has 0 aliphatic heterocycles. The summed E-state index contributed by atoms with van der Waals surface area (Å²) >= 11 is 0. The minimum Gasteiger partial charge on any atom is -0.493 e. The molecular weight excluding hydrogens is 256 g/mol. The number of primary amides is 1. The number of rotatable bonds is 9. The number of carbonyl (C=O) groups excluding carboxylic acids is 1. The molecule has 1 rings (SSSR count). The molecule has 5 heteroatoms. The molecular formula is C15H24N2O3. The molecule has 1 atom stereocenters. The van der Waals surface area contributed by atoms with Crippen LogP contribution in [0.4, 0.5) is 0 Å². The fourth-order valence-electron chi connectivity index (χ4n) is 1.91. The second kappa shape index (κ2) is 7.87. The standard InChI is InChI=1S/C15H24N2O3/c1-15(17-2,14(16)19)9-5-6-10-20-13-8-4-3-7-12(13)11-18/h3-4,7-8,17-18H,5-6,9-11H2,1-2H3,(H2,16,19). The number of nitrogens with two attached hydrogens (primary N) is 1. The molecule has 1 aromatic carbocycles. The number of ether oxygens (including phenoxy) is 1. The summed E-state index contributed by atoms with van der Waals surface area (Å²) in [5.41, 5.74) is 5.48. The number of aliphatic hydroxyl groups is 1. The predicted molar refractivity (Wildman–Crippen MR) is 78.4 cm³/mol. The summed E-state index contributed by atoms with van der Waals surface area (Å²) in [6.45, 7) is 2.32. The first-order chi connectivity index (χ1) is 9.53. The molecule has 0 radical (unpaired) electrons. The Labute approximate surface area is 120 Å². The van der Waals surface area contributed by atoms with Gasteiger partial charge in [-0.25, -0.2) is 0 Å². The van der Waals surface area contributed by atoms with Gasteiger partial charge in [0.25, 0.3) is 0 Å². The van der Waals surface area contributed by atoms with E-state index in [1.165, 1.54) is 0 Å². The van der Waals surface area contributed by atoms with Gasteiger partial charge < -0.3 is 20.9 Å². The molecule has 0 spiro atoms. The van der Waals surface area contributed by atoms with Crippen molar-refractivity contribution in [2.24, 2.45) is 5.73 Å². The molecule has 0 heterocycles. The number of amides is 1. The first kappa shape index (κ1) is 16.5. The number of aliphatic hydroxyl groups excluding tert-OH is 1. The molecule has 0 fully saturated rings. The van der Waals surface area contributed by atoms with Crippen molar-refractivity contribution in [3.05, 3.63) is 29.8 Å². The van der Waals surface area contributed by atoms with E-state index >= 15 is 0 Å². The fourth-order valence-corrected chi connectivity index (χ4v) is 1.91. The van der Waals surface area contributed by atoms with Gasteiger partial charge in [0.05, 0.1) is 18.8 Å². The third-order valence-electron chi connectivity index (χ3n) is 3.57. The minimum absolute atomic E-state index is 0.0321. The van der Waals surface area contributed by atoms with Crippen LogP contribution in [-0.4, -0.2) is 30.2 Å². The Morgan fingerprint density at radius 3 is 2.70 bits per heavy atom. The van der Waals surface area contributed by atoms with Crippen LogP contribution in [0.1, 0.15) is 31.7 Å². The van der Waals surface area contributed by atoms with Crippen molar-refractivity contribution in [3.63, 3.8) is 0 Å². The molecule has 0 saturated heterocycles. The van der Waals surface area contributed by atoms with Crippen LogP contribution in [0, 0.1) is 0 Å². The maximum Gasteiger partial charge on any atom is 0.237 e. The van der Waals surface area contributed by atoms with E-state index in [4.69, 9.17) is 10.5 Å². The first-order valence-corrected chi connectivity index (χ1v) is 6.84. The first-order valence-electron chi connectivity index (χ1n) is 6.84. The van der Waals surface area contributed by atoms with Gasteiger partial charge in [-0.2, -0.15) is 0 Å². The SMILES string of the molecule is CNC(C)(CCCCOc1ccccc1CO)C(N)=O.